The molecule has 0 unspecified atom stereocenters. The average Bonchev–Trinajstić information content (AvgIpc) is 3.20. The third-order valence-electron chi connectivity index (χ3n) is 5.64. The average molecular weight is 510 g/mol. The second kappa shape index (κ2) is 9.90. The van der Waals surface area contributed by atoms with E-state index in [1.54, 1.807) is 23.2 Å². The SMILES string of the molecule is N#CS[N+]1(NC(=O)C2=NN(c3ccc(Cl)cc3Cl)[C@H](c3ccc(Cl)cc3)C2)CCCCC1. The lowest BCUT2D eigenvalue weighted by atomic mass is 10.0. The minimum absolute atomic E-state index is 0.196. The molecule has 1 fully saturated rings. The molecule has 6 nitrogen and oxygen atoms in total. The van der Waals surface area contributed by atoms with Gasteiger partial charge in [-0.15, -0.1) is 4.00 Å². The summed E-state index contributed by atoms with van der Waals surface area (Å²) in [6.45, 7) is 1.43. The molecule has 1 amide bonds. The van der Waals surface area contributed by atoms with Crippen LogP contribution >= 0.6 is 46.8 Å². The Morgan fingerprint density at radius 3 is 2.44 bits per heavy atom. The summed E-state index contributed by atoms with van der Waals surface area (Å²) in [7, 11) is 0. The molecular weight excluding hydrogens is 489 g/mol. The zero-order chi connectivity index (χ0) is 22.7. The molecule has 2 aromatic rings. The lowest BCUT2D eigenvalue weighted by Gasteiger charge is -2.35. The predicted molar refractivity (Wildman–Crippen MR) is 130 cm³/mol. The van der Waals surface area contributed by atoms with Crippen molar-refractivity contribution in [3.63, 3.8) is 0 Å². The Kier molecular flexibility index (Phi) is 7.18. The summed E-state index contributed by atoms with van der Waals surface area (Å²) in [6.07, 6.45) is 3.41. The maximum absolute atomic E-state index is 13.3. The Morgan fingerprint density at radius 1 is 1.09 bits per heavy atom. The van der Waals surface area contributed by atoms with E-state index in [4.69, 9.17) is 34.8 Å². The van der Waals surface area contributed by atoms with Crippen molar-refractivity contribution in [1.82, 2.24) is 5.43 Å². The van der Waals surface area contributed by atoms with Gasteiger partial charge in [-0.1, -0.05) is 46.9 Å². The highest BCUT2D eigenvalue weighted by Crippen LogP contribution is 2.40. The topological polar surface area (TPSA) is 68.5 Å². The molecule has 1 atom stereocenters. The highest BCUT2D eigenvalue weighted by Gasteiger charge is 2.39. The maximum Gasteiger partial charge on any atom is 0.313 e. The number of carbonyl (C=O) groups is 1. The van der Waals surface area contributed by atoms with E-state index < -0.39 is 0 Å². The van der Waals surface area contributed by atoms with Crippen LogP contribution in [0.2, 0.25) is 15.1 Å². The number of piperidine rings is 1. The van der Waals surface area contributed by atoms with Gasteiger partial charge in [-0.3, -0.25) is 9.80 Å². The van der Waals surface area contributed by atoms with Crippen molar-refractivity contribution in [3.8, 4) is 5.40 Å². The van der Waals surface area contributed by atoms with Crippen LogP contribution in [0.1, 0.15) is 37.3 Å². The second-order valence-corrected chi connectivity index (χ2v) is 10.1. The molecule has 0 saturated carbocycles. The van der Waals surface area contributed by atoms with Crippen LogP contribution in [0, 0.1) is 10.7 Å². The van der Waals surface area contributed by atoms with Crippen LogP contribution in [-0.4, -0.2) is 28.7 Å². The Hall–Kier alpha value is -1.95. The van der Waals surface area contributed by atoms with E-state index >= 15 is 0 Å². The fraction of sp³-hybridized carbons (Fsp3) is 0.318. The van der Waals surface area contributed by atoms with Gasteiger partial charge in [0.25, 0.3) is 0 Å². The van der Waals surface area contributed by atoms with Gasteiger partial charge in [-0.05, 0) is 42.3 Å². The summed E-state index contributed by atoms with van der Waals surface area (Å²) in [5, 5.41) is 19.5. The number of anilines is 1. The fourth-order valence-electron chi connectivity index (χ4n) is 4.06. The zero-order valence-corrected chi connectivity index (χ0v) is 20.2. The summed E-state index contributed by atoms with van der Waals surface area (Å²) in [6, 6.07) is 12.4. The number of carbonyl (C=O) groups excluding carboxylic acids is 1. The van der Waals surface area contributed by atoms with Crippen LogP contribution in [0.5, 0.6) is 0 Å². The monoisotopic (exact) mass is 508 g/mol. The van der Waals surface area contributed by atoms with Crippen LogP contribution in [0.4, 0.5) is 5.69 Å². The van der Waals surface area contributed by atoms with Crippen molar-refractivity contribution in [3.05, 3.63) is 63.1 Å². The van der Waals surface area contributed by atoms with Crippen LogP contribution in [-0.2, 0) is 4.79 Å². The van der Waals surface area contributed by atoms with Crippen molar-refractivity contribution < 1.29 is 8.79 Å². The molecule has 0 radical (unpaired) electrons. The number of nitriles is 1. The predicted octanol–water partition coefficient (Wildman–Crippen LogP) is 6.12. The molecule has 1 saturated heterocycles. The maximum atomic E-state index is 13.3. The van der Waals surface area contributed by atoms with Crippen molar-refractivity contribution in [2.24, 2.45) is 5.10 Å². The standard InChI is InChI=1S/C22H20Cl3N5OS/c23-16-6-4-15(5-7-16)21-13-19(27-29(21)20-9-8-17(24)12-18(20)25)22(31)28-30(32-14-26)10-2-1-3-11-30/h4-9,12,21H,1-3,10-11,13H2/p+1/t21-/m0/s1. The van der Waals surface area contributed by atoms with Crippen molar-refractivity contribution in [2.45, 2.75) is 31.7 Å². The van der Waals surface area contributed by atoms with E-state index in [1.807, 2.05) is 24.3 Å². The molecule has 0 bridgehead atoms. The highest BCUT2D eigenvalue weighted by atomic mass is 35.5. The van der Waals surface area contributed by atoms with Crippen LogP contribution in [0.25, 0.3) is 0 Å². The lowest BCUT2D eigenvalue weighted by Crippen LogP contribution is -2.58. The summed E-state index contributed by atoms with van der Waals surface area (Å²) in [5.74, 6) is -0.277. The van der Waals surface area contributed by atoms with Gasteiger partial charge in [0.15, 0.2) is 5.40 Å². The molecule has 2 aromatic carbocycles. The normalized spacial score (nSPS) is 19.9. The van der Waals surface area contributed by atoms with E-state index in [1.165, 1.54) is 0 Å². The quantitative estimate of drug-likeness (QED) is 0.300. The van der Waals surface area contributed by atoms with Crippen LogP contribution < -0.4 is 10.4 Å². The molecule has 2 aliphatic heterocycles. The summed E-state index contributed by atoms with van der Waals surface area (Å²) >= 11 is 19.7. The molecular formula is C22H21Cl3N5OS+. The van der Waals surface area contributed by atoms with Crippen molar-refractivity contribution in [2.75, 3.05) is 18.1 Å². The minimum Gasteiger partial charge on any atom is -0.263 e. The number of hydrogen-bond donors (Lipinski definition) is 1. The Morgan fingerprint density at radius 2 is 1.78 bits per heavy atom. The first-order valence-electron chi connectivity index (χ1n) is 10.3. The van der Waals surface area contributed by atoms with Gasteiger partial charge in [0.05, 0.1) is 16.8 Å². The molecule has 2 heterocycles. The van der Waals surface area contributed by atoms with Gasteiger partial charge in [0.2, 0.25) is 11.9 Å². The molecule has 32 heavy (non-hydrogen) atoms. The third-order valence-corrected chi connectivity index (χ3v) is 7.32. The van der Waals surface area contributed by atoms with Gasteiger partial charge >= 0.3 is 5.91 Å². The highest BCUT2D eigenvalue weighted by molar-refractivity contribution is 7.98. The summed E-state index contributed by atoms with van der Waals surface area (Å²) < 4.78 is 0.196. The fourth-order valence-corrected chi connectivity index (χ4v) is 5.40. The van der Waals surface area contributed by atoms with Gasteiger partial charge in [0, 0.05) is 29.3 Å². The minimum atomic E-state index is -0.277. The van der Waals surface area contributed by atoms with Crippen molar-refractivity contribution >= 4 is 64.1 Å². The first-order valence-corrected chi connectivity index (χ1v) is 12.2. The molecule has 0 spiro atoms. The van der Waals surface area contributed by atoms with E-state index in [0.29, 0.717) is 46.0 Å². The lowest BCUT2D eigenvalue weighted by molar-refractivity contribution is -0.836. The molecule has 4 rings (SSSR count). The summed E-state index contributed by atoms with van der Waals surface area (Å²) in [4.78, 5) is 13.3. The molecule has 10 heteroatoms. The number of hydrazone groups is 1. The molecule has 0 aliphatic carbocycles. The number of rotatable bonds is 5. The number of nitrogens with one attached hydrogen (secondary N) is 1. The van der Waals surface area contributed by atoms with Gasteiger partial charge in [0.1, 0.15) is 18.8 Å². The first-order chi connectivity index (χ1) is 15.4. The molecule has 166 valence electrons. The van der Waals surface area contributed by atoms with Gasteiger partial charge in [-0.2, -0.15) is 15.8 Å². The molecule has 2 aliphatic rings. The third kappa shape index (κ3) is 5.00. The first kappa shape index (κ1) is 23.2. The second-order valence-electron chi connectivity index (χ2n) is 7.78. The number of quaternary nitrogens is 1. The van der Waals surface area contributed by atoms with Crippen LogP contribution in [0.3, 0.4) is 0 Å². The van der Waals surface area contributed by atoms with E-state index in [0.717, 1.165) is 36.8 Å². The van der Waals surface area contributed by atoms with E-state index in [9.17, 15) is 10.1 Å². The van der Waals surface area contributed by atoms with E-state index in [2.05, 4.69) is 15.9 Å². The Bertz CT molecular complexity index is 1080. The largest absolute Gasteiger partial charge is 0.313 e. The Balaban J connectivity index is 1.65. The summed E-state index contributed by atoms with van der Waals surface area (Å²) in [5.41, 5.74) is 5.06. The molecule has 0 aromatic heterocycles. The van der Waals surface area contributed by atoms with Gasteiger partial charge in [-0.25, -0.2) is 0 Å². The number of nitrogens with zero attached hydrogens (tertiary/aromatic N) is 4. The zero-order valence-electron chi connectivity index (χ0n) is 17.1. The smallest absolute Gasteiger partial charge is 0.263 e. The van der Waals surface area contributed by atoms with E-state index in [-0.39, 0.29) is 15.9 Å². The number of amides is 1. The van der Waals surface area contributed by atoms with Crippen LogP contribution in [0.15, 0.2) is 47.6 Å². The Labute approximate surface area is 206 Å². The number of halogens is 3. The number of hydrogen-bond acceptors (Lipinski definition) is 5. The van der Waals surface area contributed by atoms with Gasteiger partial charge < -0.3 is 0 Å². The number of thiocyanates is 1. The molecule has 1 N–H and O–H groups in total. The van der Waals surface area contributed by atoms with Crippen molar-refractivity contribution in [1.29, 1.82) is 5.26 Å². The number of benzene rings is 2.